The highest BCUT2D eigenvalue weighted by Crippen LogP contribution is 2.32. The molecule has 10 heteroatoms. The second-order valence-corrected chi connectivity index (χ2v) is 10.4. The fourth-order valence-corrected chi connectivity index (χ4v) is 5.14. The average Bonchev–Trinajstić information content (AvgIpc) is 2.99. The number of carbonyl (C=O) groups excluding carboxylic acids is 2. The molecule has 0 aliphatic carbocycles. The van der Waals surface area contributed by atoms with Crippen molar-refractivity contribution >= 4 is 40.6 Å². The Bertz CT molecular complexity index is 1560. The molecule has 42 heavy (non-hydrogen) atoms. The van der Waals surface area contributed by atoms with Crippen LogP contribution < -0.4 is 15.5 Å². The zero-order chi connectivity index (χ0) is 29.9. The Morgan fingerprint density at radius 2 is 1.45 bits per heavy atom. The van der Waals surface area contributed by atoms with Gasteiger partial charge in [0.2, 0.25) is 0 Å². The van der Waals surface area contributed by atoms with Crippen LogP contribution in [0.4, 0.5) is 35.0 Å². The lowest BCUT2D eigenvalue weighted by molar-refractivity contribution is -0.137. The van der Waals surface area contributed by atoms with Crippen LogP contribution in [0.3, 0.4) is 0 Å². The molecule has 0 unspecified atom stereocenters. The van der Waals surface area contributed by atoms with Crippen LogP contribution in [0.5, 0.6) is 0 Å². The third kappa shape index (κ3) is 6.52. The van der Waals surface area contributed by atoms with Crippen LogP contribution in [-0.2, 0) is 6.18 Å². The molecule has 1 fully saturated rings. The number of nitrogens with zero attached hydrogens (tertiary/aromatic N) is 2. The quantitative estimate of drug-likeness (QED) is 0.247. The van der Waals surface area contributed by atoms with Crippen LogP contribution in [0.2, 0.25) is 5.02 Å². The summed E-state index contributed by atoms with van der Waals surface area (Å²) in [7, 11) is 0. The van der Waals surface area contributed by atoms with Crippen molar-refractivity contribution in [3.8, 4) is 11.1 Å². The minimum absolute atomic E-state index is 0.194. The maximum atomic E-state index is 13.1. The number of hydrogen-bond acceptors (Lipinski definition) is 3. The zero-order valence-electron chi connectivity index (χ0n) is 22.7. The lowest BCUT2D eigenvalue weighted by atomic mass is 9.98. The Balaban J connectivity index is 1.19. The van der Waals surface area contributed by atoms with E-state index in [1.807, 2.05) is 31.2 Å². The molecule has 0 atom stereocenters. The van der Waals surface area contributed by atoms with Crippen molar-refractivity contribution in [2.45, 2.75) is 13.1 Å². The van der Waals surface area contributed by atoms with Gasteiger partial charge in [0.25, 0.3) is 5.91 Å². The number of anilines is 3. The maximum Gasteiger partial charge on any atom is 0.416 e. The fraction of sp³-hybridized carbons (Fsp3) is 0.188. The van der Waals surface area contributed by atoms with Gasteiger partial charge in [-0.1, -0.05) is 54.1 Å². The molecule has 5 rings (SSSR count). The summed E-state index contributed by atoms with van der Waals surface area (Å²) in [6.07, 6.45) is -4.43. The highest BCUT2D eigenvalue weighted by Gasteiger charge is 2.30. The van der Waals surface area contributed by atoms with Gasteiger partial charge in [0.05, 0.1) is 16.3 Å². The van der Waals surface area contributed by atoms with Crippen molar-refractivity contribution in [2.24, 2.45) is 0 Å². The highest BCUT2D eigenvalue weighted by atomic mass is 35.5. The number of rotatable bonds is 5. The largest absolute Gasteiger partial charge is 0.416 e. The van der Waals surface area contributed by atoms with Gasteiger partial charge in [-0.3, -0.25) is 4.79 Å². The van der Waals surface area contributed by atoms with Crippen molar-refractivity contribution in [1.29, 1.82) is 0 Å². The molecule has 2 N–H and O–H groups in total. The number of benzene rings is 4. The molecule has 4 aromatic rings. The van der Waals surface area contributed by atoms with E-state index in [0.29, 0.717) is 59.3 Å². The van der Waals surface area contributed by atoms with Gasteiger partial charge >= 0.3 is 12.2 Å². The number of halogens is 4. The molecule has 216 valence electrons. The lowest BCUT2D eigenvalue weighted by Gasteiger charge is -2.36. The molecule has 1 aliphatic heterocycles. The van der Waals surface area contributed by atoms with Gasteiger partial charge in [-0.05, 0) is 72.1 Å². The van der Waals surface area contributed by atoms with E-state index in [2.05, 4.69) is 15.5 Å². The molecule has 1 saturated heterocycles. The first kappa shape index (κ1) is 29.0. The number of nitrogens with one attached hydrogen (secondary N) is 2. The predicted molar refractivity (Wildman–Crippen MR) is 160 cm³/mol. The maximum absolute atomic E-state index is 13.1. The van der Waals surface area contributed by atoms with E-state index in [1.165, 1.54) is 12.1 Å². The van der Waals surface area contributed by atoms with Gasteiger partial charge in [-0.25, -0.2) is 4.79 Å². The normalized spacial score (nSPS) is 13.5. The summed E-state index contributed by atoms with van der Waals surface area (Å²) >= 11 is 6.25. The topological polar surface area (TPSA) is 64.7 Å². The SMILES string of the molecule is Cc1cccc(Cl)c1NC(=O)N1CCN(c2ccc(NC(=O)c3ccccc3-c3ccc(C(F)(F)F)cc3)cc2)CC1. The average molecular weight is 593 g/mol. The number of carbonyl (C=O) groups is 2. The van der Waals surface area contributed by atoms with Crippen LogP contribution in [-0.4, -0.2) is 43.0 Å². The fourth-order valence-electron chi connectivity index (χ4n) is 4.87. The molecule has 0 bridgehead atoms. The number of alkyl halides is 3. The Morgan fingerprint density at radius 1 is 0.786 bits per heavy atom. The summed E-state index contributed by atoms with van der Waals surface area (Å²) < 4.78 is 38.9. The summed E-state index contributed by atoms with van der Waals surface area (Å²) in [5.74, 6) is -0.369. The molecule has 4 aromatic carbocycles. The van der Waals surface area contributed by atoms with E-state index >= 15 is 0 Å². The first-order valence-electron chi connectivity index (χ1n) is 13.3. The minimum Gasteiger partial charge on any atom is -0.368 e. The molecule has 1 heterocycles. The van der Waals surface area contributed by atoms with E-state index in [0.717, 1.165) is 23.4 Å². The van der Waals surface area contributed by atoms with Crippen LogP contribution in [0, 0.1) is 6.92 Å². The van der Waals surface area contributed by atoms with Crippen LogP contribution in [0.15, 0.2) is 91.0 Å². The van der Waals surface area contributed by atoms with Crippen LogP contribution in [0.1, 0.15) is 21.5 Å². The second kappa shape index (κ2) is 12.2. The van der Waals surface area contributed by atoms with Crippen molar-refractivity contribution in [2.75, 3.05) is 41.7 Å². The molecule has 0 saturated carbocycles. The van der Waals surface area contributed by atoms with Crippen molar-refractivity contribution in [3.63, 3.8) is 0 Å². The van der Waals surface area contributed by atoms with Crippen LogP contribution in [0.25, 0.3) is 11.1 Å². The molecule has 0 aromatic heterocycles. The number of amides is 3. The van der Waals surface area contributed by atoms with E-state index in [9.17, 15) is 22.8 Å². The van der Waals surface area contributed by atoms with Gasteiger partial charge in [-0.15, -0.1) is 0 Å². The molecule has 3 amide bonds. The zero-order valence-corrected chi connectivity index (χ0v) is 23.5. The number of urea groups is 1. The Morgan fingerprint density at radius 3 is 2.10 bits per heavy atom. The van der Waals surface area contributed by atoms with Gasteiger partial charge in [-0.2, -0.15) is 13.2 Å². The molecular weight excluding hydrogens is 565 g/mol. The third-order valence-corrected chi connectivity index (χ3v) is 7.52. The standard InChI is InChI=1S/C32H28ClF3N4O2/c1-21-5-4-8-28(33)29(21)38-31(42)40-19-17-39(18-20-40)25-15-13-24(14-16-25)37-30(41)27-7-3-2-6-26(27)22-9-11-23(12-10-22)32(34,35)36/h2-16H,17-20H2,1H3,(H,37,41)(H,38,42). The molecule has 1 aliphatic rings. The smallest absolute Gasteiger partial charge is 0.368 e. The first-order chi connectivity index (χ1) is 20.1. The van der Waals surface area contributed by atoms with E-state index < -0.39 is 11.7 Å². The van der Waals surface area contributed by atoms with Gasteiger partial charge in [0, 0.05) is 43.1 Å². The summed E-state index contributed by atoms with van der Waals surface area (Å²) in [5.41, 5.74) is 3.70. The lowest BCUT2D eigenvalue weighted by Crippen LogP contribution is -2.50. The van der Waals surface area contributed by atoms with Crippen molar-refractivity contribution in [3.05, 3.63) is 113 Å². The highest BCUT2D eigenvalue weighted by molar-refractivity contribution is 6.33. The summed E-state index contributed by atoms with van der Waals surface area (Å²) in [6.45, 7) is 4.25. The summed E-state index contributed by atoms with van der Waals surface area (Å²) in [5, 5.41) is 6.29. The van der Waals surface area contributed by atoms with Gasteiger partial charge in [0.15, 0.2) is 0 Å². The Kier molecular flexibility index (Phi) is 8.40. The molecule has 0 spiro atoms. The number of aryl methyl sites for hydroxylation is 1. The summed E-state index contributed by atoms with van der Waals surface area (Å²) in [4.78, 5) is 29.9. The molecular formula is C32H28ClF3N4O2. The van der Waals surface area contributed by atoms with Crippen molar-refractivity contribution < 1.29 is 22.8 Å². The van der Waals surface area contributed by atoms with Crippen molar-refractivity contribution in [1.82, 2.24) is 4.90 Å². The Hall–Kier alpha value is -4.50. The van der Waals surface area contributed by atoms with Crippen LogP contribution >= 0.6 is 11.6 Å². The van der Waals surface area contributed by atoms with E-state index in [-0.39, 0.29) is 11.9 Å². The van der Waals surface area contributed by atoms with Gasteiger partial charge < -0.3 is 20.4 Å². The minimum atomic E-state index is -4.43. The number of piperazine rings is 1. The molecule has 6 nitrogen and oxygen atoms in total. The number of para-hydroxylation sites is 1. The second-order valence-electron chi connectivity index (χ2n) is 9.96. The van der Waals surface area contributed by atoms with E-state index in [4.69, 9.17) is 11.6 Å². The van der Waals surface area contributed by atoms with E-state index in [1.54, 1.807) is 47.4 Å². The first-order valence-corrected chi connectivity index (χ1v) is 13.7. The molecule has 0 radical (unpaired) electrons. The monoisotopic (exact) mass is 592 g/mol. The summed E-state index contributed by atoms with van der Waals surface area (Å²) in [6, 6.07) is 24.2. The third-order valence-electron chi connectivity index (χ3n) is 7.21. The van der Waals surface area contributed by atoms with Gasteiger partial charge in [0.1, 0.15) is 0 Å². The number of hydrogen-bond donors (Lipinski definition) is 2. The Labute approximate surface area is 246 Å². The predicted octanol–water partition coefficient (Wildman–Crippen LogP) is 7.94.